The summed E-state index contributed by atoms with van der Waals surface area (Å²) >= 11 is 0. The number of halogens is 1. The average Bonchev–Trinajstić information content (AvgIpc) is 2.45. The first-order chi connectivity index (χ1) is 9.75. The van der Waals surface area contributed by atoms with Crippen LogP contribution in [-0.2, 0) is 0 Å². The molecule has 0 spiro atoms. The molecule has 1 unspecified atom stereocenters. The van der Waals surface area contributed by atoms with E-state index in [1.165, 1.54) is 22.8 Å². The minimum Gasteiger partial charge on any atom is -0.324 e. The van der Waals surface area contributed by atoms with Crippen molar-refractivity contribution in [3.05, 3.63) is 57.4 Å². The predicted octanol–water partition coefficient (Wildman–Crippen LogP) is 5.05. The Balaban J connectivity index is 2.82. The van der Waals surface area contributed by atoms with Crippen LogP contribution in [0.1, 0.15) is 46.3 Å². The van der Waals surface area contributed by atoms with E-state index in [1.807, 2.05) is 13.0 Å². The molecule has 0 bridgehead atoms. The molecule has 0 aliphatic heterocycles. The van der Waals surface area contributed by atoms with Gasteiger partial charge in [0, 0.05) is 11.6 Å². The minimum atomic E-state index is -0.187. The van der Waals surface area contributed by atoms with Gasteiger partial charge in [0.25, 0.3) is 0 Å². The zero-order chi connectivity index (χ0) is 15.9. The molecule has 0 radical (unpaired) electrons. The van der Waals surface area contributed by atoms with E-state index in [2.05, 4.69) is 34.6 Å². The first-order valence-corrected chi connectivity index (χ1v) is 7.38. The topological polar surface area (TPSA) is 26.0 Å². The van der Waals surface area contributed by atoms with Crippen molar-refractivity contribution in [3.63, 3.8) is 0 Å². The Morgan fingerprint density at radius 3 is 1.81 bits per heavy atom. The van der Waals surface area contributed by atoms with Crippen LogP contribution in [-0.4, -0.2) is 0 Å². The Labute approximate surface area is 127 Å². The average molecular weight is 285 g/mol. The smallest absolute Gasteiger partial charge is 0.131 e. The van der Waals surface area contributed by atoms with Crippen LogP contribution >= 0.6 is 0 Å². The van der Waals surface area contributed by atoms with Crippen molar-refractivity contribution in [2.45, 2.75) is 47.6 Å². The molecular formula is C19H24FN. The highest BCUT2D eigenvalue weighted by Gasteiger charge is 2.17. The summed E-state index contributed by atoms with van der Waals surface area (Å²) in [5.74, 6) is -0.187. The molecule has 0 aliphatic rings. The van der Waals surface area contributed by atoms with Crippen molar-refractivity contribution in [1.29, 1.82) is 0 Å². The monoisotopic (exact) mass is 285 g/mol. The third-order valence-electron chi connectivity index (χ3n) is 4.79. The van der Waals surface area contributed by atoms with Gasteiger partial charge in [-0.05, 0) is 92.6 Å². The molecule has 0 aromatic heterocycles. The molecule has 2 heteroatoms. The second kappa shape index (κ2) is 5.61. The summed E-state index contributed by atoms with van der Waals surface area (Å²) in [6.45, 7) is 12.4. The van der Waals surface area contributed by atoms with Gasteiger partial charge in [-0.1, -0.05) is 6.07 Å². The van der Waals surface area contributed by atoms with Gasteiger partial charge in [-0.15, -0.1) is 0 Å². The molecule has 1 nitrogen and oxygen atoms in total. The van der Waals surface area contributed by atoms with Crippen LogP contribution in [0.5, 0.6) is 0 Å². The highest BCUT2D eigenvalue weighted by Crippen LogP contribution is 2.36. The second-order valence-corrected chi connectivity index (χ2v) is 6.03. The lowest BCUT2D eigenvalue weighted by Crippen LogP contribution is -2.06. The third-order valence-corrected chi connectivity index (χ3v) is 4.79. The minimum absolute atomic E-state index is 0.0994. The van der Waals surface area contributed by atoms with Crippen LogP contribution in [0, 0.1) is 40.4 Å². The van der Waals surface area contributed by atoms with E-state index in [9.17, 15) is 4.39 Å². The lowest BCUT2D eigenvalue weighted by Gasteiger charge is -2.20. The molecule has 0 fully saturated rings. The number of benzene rings is 2. The van der Waals surface area contributed by atoms with Crippen LogP contribution in [0.15, 0.2) is 18.2 Å². The first kappa shape index (κ1) is 15.7. The van der Waals surface area contributed by atoms with Crippen LogP contribution in [0.2, 0.25) is 0 Å². The van der Waals surface area contributed by atoms with Gasteiger partial charge in [0.1, 0.15) is 5.82 Å². The fourth-order valence-corrected chi connectivity index (χ4v) is 2.92. The lowest BCUT2D eigenvalue weighted by atomic mass is 9.85. The molecule has 0 amide bonds. The summed E-state index contributed by atoms with van der Waals surface area (Å²) in [5.41, 5.74) is 14.6. The number of hydrogen-bond acceptors (Lipinski definition) is 1. The largest absolute Gasteiger partial charge is 0.324 e. The SMILES string of the molecule is Cc1c(C)c(C)c(-c2cc(C(C)N)ccc2F)c(C)c1C. The summed E-state index contributed by atoms with van der Waals surface area (Å²) < 4.78 is 14.4. The Hall–Kier alpha value is -1.67. The molecule has 0 saturated carbocycles. The van der Waals surface area contributed by atoms with E-state index in [0.29, 0.717) is 5.56 Å². The van der Waals surface area contributed by atoms with Crippen molar-refractivity contribution >= 4 is 0 Å². The fraction of sp³-hybridized carbons (Fsp3) is 0.368. The number of rotatable bonds is 2. The van der Waals surface area contributed by atoms with Gasteiger partial charge in [-0.3, -0.25) is 0 Å². The van der Waals surface area contributed by atoms with Crippen molar-refractivity contribution in [1.82, 2.24) is 0 Å². The van der Waals surface area contributed by atoms with E-state index in [1.54, 1.807) is 6.07 Å². The van der Waals surface area contributed by atoms with Crippen LogP contribution < -0.4 is 5.73 Å². The standard InChI is InChI=1S/C19H24FN/c1-10-11(2)13(4)19(14(5)12(10)3)17-9-16(15(6)21)7-8-18(17)20/h7-9,15H,21H2,1-6H3. The zero-order valence-electron chi connectivity index (χ0n) is 13.8. The van der Waals surface area contributed by atoms with Gasteiger partial charge in [0.15, 0.2) is 0 Å². The molecule has 2 rings (SSSR count). The van der Waals surface area contributed by atoms with Gasteiger partial charge >= 0.3 is 0 Å². The summed E-state index contributed by atoms with van der Waals surface area (Å²) in [5, 5.41) is 0. The predicted molar refractivity (Wildman–Crippen MR) is 88.1 cm³/mol. The van der Waals surface area contributed by atoms with E-state index in [-0.39, 0.29) is 11.9 Å². The van der Waals surface area contributed by atoms with E-state index < -0.39 is 0 Å². The van der Waals surface area contributed by atoms with Gasteiger partial charge in [-0.2, -0.15) is 0 Å². The van der Waals surface area contributed by atoms with E-state index >= 15 is 0 Å². The second-order valence-electron chi connectivity index (χ2n) is 6.03. The van der Waals surface area contributed by atoms with Gasteiger partial charge in [0.05, 0.1) is 0 Å². The molecular weight excluding hydrogens is 261 g/mol. The van der Waals surface area contributed by atoms with Crippen LogP contribution in [0.25, 0.3) is 11.1 Å². The Kier molecular flexibility index (Phi) is 4.20. The number of nitrogens with two attached hydrogens (primary N) is 1. The summed E-state index contributed by atoms with van der Waals surface area (Å²) in [7, 11) is 0. The Morgan fingerprint density at radius 2 is 1.33 bits per heavy atom. The Morgan fingerprint density at radius 1 is 0.857 bits per heavy atom. The maximum Gasteiger partial charge on any atom is 0.131 e. The fourth-order valence-electron chi connectivity index (χ4n) is 2.92. The van der Waals surface area contributed by atoms with Crippen LogP contribution in [0.4, 0.5) is 4.39 Å². The maximum atomic E-state index is 14.4. The third kappa shape index (κ3) is 2.60. The molecule has 2 N–H and O–H groups in total. The molecule has 0 aliphatic carbocycles. The van der Waals surface area contributed by atoms with Crippen molar-refractivity contribution in [2.24, 2.45) is 5.73 Å². The Bertz CT molecular complexity index is 670. The molecule has 21 heavy (non-hydrogen) atoms. The summed E-state index contributed by atoms with van der Waals surface area (Å²) in [6, 6.07) is 5.08. The summed E-state index contributed by atoms with van der Waals surface area (Å²) in [6.07, 6.45) is 0. The van der Waals surface area contributed by atoms with Crippen LogP contribution in [0.3, 0.4) is 0 Å². The van der Waals surface area contributed by atoms with E-state index in [0.717, 1.165) is 22.3 Å². The quantitative estimate of drug-likeness (QED) is 0.820. The van der Waals surface area contributed by atoms with Crippen molar-refractivity contribution in [2.75, 3.05) is 0 Å². The molecule has 0 saturated heterocycles. The highest BCUT2D eigenvalue weighted by atomic mass is 19.1. The van der Waals surface area contributed by atoms with Crippen molar-refractivity contribution in [3.8, 4) is 11.1 Å². The number of hydrogen-bond donors (Lipinski definition) is 1. The highest BCUT2D eigenvalue weighted by molar-refractivity contribution is 5.75. The normalized spacial score (nSPS) is 12.6. The zero-order valence-corrected chi connectivity index (χ0v) is 13.8. The first-order valence-electron chi connectivity index (χ1n) is 7.38. The molecule has 1 atom stereocenters. The van der Waals surface area contributed by atoms with Gasteiger partial charge < -0.3 is 5.73 Å². The molecule has 0 heterocycles. The maximum absolute atomic E-state index is 14.4. The van der Waals surface area contributed by atoms with E-state index in [4.69, 9.17) is 5.73 Å². The molecule has 2 aromatic rings. The lowest BCUT2D eigenvalue weighted by molar-refractivity contribution is 0.629. The summed E-state index contributed by atoms with van der Waals surface area (Å²) in [4.78, 5) is 0. The van der Waals surface area contributed by atoms with Gasteiger partial charge in [0.2, 0.25) is 0 Å². The molecule has 112 valence electrons. The van der Waals surface area contributed by atoms with Gasteiger partial charge in [-0.25, -0.2) is 4.39 Å². The molecule has 2 aromatic carbocycles. The van der Waals surface area contributed by atoms with Crippen molar-refractivity contribution < 1.29 is 4.39 Å².